The van der Waals surface area contributed by atoms with Crippen molar-refractivity contribution in [3.63, 3.8) is 0 Å². The van der Waals surface area contributed by atoms with Crippen LogP contribution in [-0.2, 0) is 10.5 Å². The average molecular weight is 258 g/mol. The van der Waals surface area contributed by atoms with Gasteiger partial charge in [-0.25, -0.2) is 0 Å². The third kappa shape index (κ3) is 2.97. The van der Waals surface area contributed by atoms with Crippen molar-refractivity contribution in [2.75, 3.05) is 32.8 Å². The Morgan fingerprint density at radius 1 is 1.47 bits per heavy atom. The normalized spacial score (nSPS) is 26.1. The van der Waals surface area contributed by atoms with Crippen LogP contribution in [-0.4, -0.2) is 48.0 Å². The number of β-amino-alcohol motifs (C(OH)–C–C–N with tert-alkyl or cyclic N) is 2. The highest BCUT2D eigenvalue weighted by Crippen LogP contribution is 2.28. The molecule has 1 aromatic rings. The molecule has 1 unspecified atom stereocenters. The monoisotopic (exact) mass is 257 g/mol. The predicted molar refractivity (Wildman–Crippen MR) is 64.8 cm³/mol. The van der Waals surface area contributed by atoms with E-state index in [1.54, 1.807) is 24.3 Å². The molecule has 1 aromatic carbocycles. The van der Waals surface area contributed by atoms with Gasteiger partial charge in [-0.15, -0.1) is 0 Å². The highest BCUT2D eigenvalue weighted by atomic mass is 35.5. The van der Waals surface area contributed by atoms with Crippen LogP contribution in [0.2, 0.25) is 5.02 Å². The van der Waals surface area contributed by atoms with Crippen LogP contribution < -0.4 is 0 Å². The molecule has 0 saturated carbocycles. The van der Waals surface area contributed by atoms with Crippen LogP contribution in [0.4, 0.5) is 0 Å². The average Bonchev–Trinajstić information content (AvgIpc) is 2.30. The van der Waals surface area contributed by atoms with Crippen LogP contribution >= 0.6 is 11.6 Å². The van der Waals surface area contributed by atoms with Gasteiger partial charge < -0.3 is 14.9 Å². The van der Waals surface area contributed by atoms with Gasteiger partial charge in [-0.2, -0.15) is 0 Å². The fourth-order valence-corrected chi connectivity index (χ4v) is 2.20. The van der Waals surface area contributed by atoms with E-state index in [1.165, 1.54) is 0 Å². The molecule has 5 heteroatoms. The molecule has 1 atom stereocenters. The summed E-state index contributed by atoms with van der Waals surface area (Å²) in [5.74, 6) is -1.34. The number of rotatable bonds is 3. The molecule has 2 rings (SSSR count). The van der Waals surface area contributed by atoms with Gasteiger partial charge in [0.05, 0.1) is 19.8 Å². The number of hydrogen-bond acceptors (Lipinski definition) is 4. The zero-order chi connectivity index (χ0) is 12.3. The zero-order valence-corrected chi connectivity index (χ0v) is 10.2. The molecule has 0 aliphatic carbocycles. The number of ether oxygens (including phenoxy) is 1. The van der Waals surface area contributed by atoms with Crippen molar-refractivity contribution in [2.24, 2.45) is 0 Å². The lowest BCUT2D eigenvalue weighted by Crippen LogP contribution is -2.50. The third-order valence-electron chi connectivity index (χ3n) is 2.88. The van der Waals surface area contributed by atoms with Crippen molar-refractivity contribution in [2.45, 2.75) is 5.79 Å². The summed E-state index contributed by atoms with van der Waals surface area (Å²) < 4.78 is 5.46. The molecule has 0 spiro atoms. The van der Waals surface area contributed by atoms with Crippen LogP contribution in [0, 0.1) is 0 Å². The summed E-state index contributed by atoms with van der Waals surface area (Å²) in [5.41, 5.74) is 0.646. The van der Waals surface area contributed by atoms with Gasteiger partial charge in [0.2, 0.25) is 5.79 Å². The molecular formula is C12H16ClNO3. The molecule has 1 aliphatic heterocycles. The summed E-state index contributed by atoms with van der Waals surface area (Å²) >= 11 is 5.90. The maximum absolute atomic E-state index is 10.5. The van der Waals surface area contributed by atoms with Gasteiger partial charge in [-0.1, -0.05) is 23.7 Å². The van der Waals surface area contributed by atoms with Crippen molar-refractivity contribution in [1.82, 2.24) is 4.90 Å². The van der Waals surface area contributed by atoms with Crippen molar-refractivity contribution < 1.29 is 14.9 Å². The summed E-state index contributed by atoms with van der Waals surface area (Å²) in [4.78, 5) is 1.96. The maximum Gasteiger partial charge on any atom is 0.205 e. The number of aliphatic hydroxyl groups is 2. The van der Waals surface area contributed by atoms with E-state index in [2.05, 4.69) is 0 Å². The highest BCUT2D eigenvalue weighted by molar-refractivity contribution is 6.30. The van der Waals surface area contributed by atoms with E-state index in [1.807, 2.05) is 4.90 Å². The minimum absolute atomic E-state index is 0.0750. The van der Waals surface area contributed by atoms with E-state index in [4.69, 9.17) is 21.4 Å². The molecule has 0 amide bonds. The van der Waals surface area contributed by atoms with Gasteiger partial charge in [0, 0.05) is 23.7 Å². The lowest BCUT2D eigenvalue weighted by Gasteiger charge is -2.39. The van der Waals surface area contributed by atoms with E-state index >= 15 is 0 Å². The van der Waals surface area contributed by atoms with Crippen LogP contribution in [0.5, 0.6) is 0 Å². The Morgan fingerprint density at radius 3 is 3.00 bits per heavy atom. The number of benzene rings is 1. The number of aliphatic hydroxyl groups excluding tert-OH is 1. The summed E-state index contributed by atoms with van der Waals surface area (Å²) in [6.07, 6.45) is 0. The molecule has 4 nitrogen and oxygen atoms in total. The summed E-state index contributed by atoms with van der Waals surface area (Å²) in [6.45, 7) is 2.10. The topological polar surface area (TPSA) is 52.9 Å². The maximum atomic E-state index is 10.5. The van der Waals surface area contributed by atoms with Crippen molar-refractivity contribution >= 4 is 11.6 Å². The van der Waals surface area contributed by atoms with Crippen LogP contribution in [0.3, 0.4) is 0 Å². The largest absolute Gasteiger partial charge is 0.395 e. The second-order valence-corrected chi connectivity index (χ2v) is 4.58. The smallest absolute Gasteiger partial charge is 0.205 e. The number of morpholine rings is 1. The third-order valence-corrected chi connectivity index (χ3v) is 3.11. The van der Waals surface area contributed by atoms with E-state index in [0.717, 1.165) is 0 Å². The molecule has 0 bridgehead atoms. The predicted octanol–water partition coefficient (Wildman–Crippen LogP) is 0.810. The molecule has 17 heavy (non-hydrogen) atoms. The van der Waals surface area contributed by atoms with Gasteiger partial charge in [-0.05, 0) is 12.1 Å². The van der Waals surface area contributed by atoms with Gasteiger partial charge in [0.1, 0.15) is 0 Å². The van der Waals surface area contributed by atoms with Crippen molar-refractivity contribution in [1.29, 1.82) is 0 Å². The highest BCUT2D eigenvalue weighted by Gasteiger charge is 2.36. The minimum atomic E-state index is -1.34. The van der Waals surface area contributed by atoms with E-state index < -0.39 is 5.79 Å². The molecule has 0 radical (unpaired) electrons. The molecule has 2 N–H and O–H groups in total. The Bertz CT molecular complexity index is 386. The fraction of sp³-hybridized carbons (Fsp3) is 0.500. The lowest BCUT2D eigenvalue weighted by atomic mass is 10.0. The Kier molecular flexibility index (Phi) is 4.01. The van der Waals surface area contributed by atoms with Crippen LogP contribution in [0.25, 0.3) is 0 Å². The molecule has 1 fully saturated rings. The first-order valence-electron chi connectivity index (χ1n) is 5.60. The standard InChI is InChI=1S/C12H16ClNO3/c13-11-3-1-2-10(8-11)12(16)9-14(4-6-15)5-7-17-12/h1-3,8,15-16H,4-7,9H2. The molecule has 0 aromatic heterocycles. The fourth-order valence-electron chi connectivity index (χ4n) is 2.01. The Balaban J connectivity index is 2.17. The molecule has 1 saturated heterocycles. The lowest BCUT2D eigenvalue weighted by molar-refractivity contribution is -0.248. The minimum Gasteiger partial charge on any atom is -0.395 e. The Hall–Kier alpha value is -0.650. The second-order valence-electron chi connectivity index (χ2n) is 4.14. The first-order valence-corrected chi connectivity index (χ1v) is 5.97. The number of hydrogen-bond donors (Lipinski definition) is 2. The van der Waals surface area contributed by atoms with E-state index in [-0.39, 0.29) is 6.61 Å². The van der Waals surface area contributed by atoms with Gasteiger partial charge in [0.25, 0.3) is 0 Å². The second kappa shape index (κ2) is 5.33. The van der Waals surface area contributed by atoms with Gasteiger partial charge in [0.15, 0.2) is 0 Å². The molecular weight excluding hydrogens is 242 g/mol. The summed E-state index contributed by atoms with van der Waals surface area (Å²) in [5, 5.41) is 19.9. The number of nitrogens with zero attached hydrogens (tertiary/aromatic N) is 1. The Morgan fingerprint density at radius 2 is 2.29 bits per heavy atom. The quantitative estimate of drug-likeness (QED) is 0.842. The summed E-state index contributed by atoms with van der Waals surface area (Å²) in [7, 11) is 0. The SMILES string of the molecule is OCCN1CCOC(O)(c2cccc(Cl)c2)C1. The molecule has 1 aliphatic rings. The van der Waals surface area contributed by atoms with Crippen molar-refractivity contribution in [3.8, 4) is 0 Å². The van der Waals surface area contributed by atoms with Crippen LogP contribution in [0.15, 0.2) is 24.3 Å². The zero-order valence-electron chi connectivity index (χ0n) is 9.47. The first-order chi connectivity index (χ1) is 8.14. The first kappa shape index (κ1) is 12.8. The van der Waals surface area contributed by atoms with Crippen LogP contribution in [0.1, 0.15) is 5.56 Å². The molecule has 94 valence electrons. The Labute approximate surface area is 105 Å². The van der Waals surface area contributed by atoms with E-state index in [9.17, 15) is 5.11 Å². The van der Waals surface area contributed by atoms with Gasteiger partial charge in [-0.3, -0.25) is 4.90 Å². The number of halogens is 1. The van der Waals surface area contributed by atoms with Crippen molar-refractivity contribution in [3.05, 3.63) is 34.9 Å². The van der Waals surface area contributed by atoms with Gasteiger partial charge >= 0.3 is 0 Å². The molecule has 1 heterocycles. The summed E-state index contributed by atoms with van der Waals surface area (Å²) in [6, 6.07) is 7.02. The van der Waals surface area contributed by atoms with E-state index in [0.29, 0.717) is 36.8 Å².